The number of aliphatic hydroxyl groups excluding tert-OH is 1. The molecule has 0 aliphatic rings. The van der Waals surface area contributed by atoms with Crippen molar-refractivity contribution in [2.75, 3.05) is 13.2 Å². The summed E-state index contributed by atoms with van der Waals surface area (Å²) in [4.78, 5) is 0. The third-order valence-electron chi connectivity index (χ3n) is 2.44. The van der Waals surface area contributed by atoms with E-state index in [2.05, 4.69) is 5.32 Å². The standard InChI is InChI=1S/C13H13Cl2NO2/c14-9-1-3-12(15)11(7-9)13-4-2-10(18-13)8-16-5-6-17/h1-4,7,16-17H,5-6,8H2. The minimum absolute atomic E-state index is 0.105. The maximum Gasteiger partial charge on any atom is 0.135 e. The van der Waals surface area contributed by atoms with Crippen molar-refractivity contribution in [3.8, 4) is 11.3 Å². The monoisotopic (exact) mass is 285 g/mol. The molecule has 0 saturated heterocycles. The summed E-state index contributed by atoms with van der Waals surface area (Å²) in [5, 5.41) is 12.9. The van der Waals surface area contributed by atoms with Gasteiger partial charge in [-0.05, 0) is 30.3 Å². The summed E-state index contributed by atoms with van der Waals surface area (Å²) in [7, 11) is 0. The van der Waals surface area contributed by atoms with Gasteiger partial charge in [-0.2, -0.15) is 0 Å². The minimum atomic E-state index is 0.105. The van der Waals surface area contributed by atoms with Gasteiger partial charge in [0, 0.05) is 17.1 Å². The first-order valence-electron chi connectivity index (χ1n) is 5.56. The molecule has 1 aromatic carbocycles. The lowest BCUT2D eigenvalue weighted by Gasteiger charge is -2.02. The van der Waals surface area contributed by atoms with Crippen LogP contribution in [-0.4, -0.2) is 18.3 Å². The largest absolute Gasteiger partial charge is 0.460 e. The van der Waals surface area contributed by atoms with E-state index in [4.69, 9.17) is 32.7 Å². The lowest BCUT2D eigenvalue weighted by molar-refractivity contribution is 0.290. The predicted octanol–water partition coefficient (Wildman–Crippen LogP) is 3.34. The smallest absolute Gasteiger partial charge is 0.135 e. The summed E-state index contributed by atoms with van der Waals surface area (Å²) in [5.74, 6) is 1.47. The summed E-state index contributed by atoms with van der Waals surface area (Å²) >= 11 is 12.0. The summed E-state index contributed by atoms with van der Waals surface area (Å²) in [6.07, 6.45) is 0. The molecule has 1 aromatic heterocycles. The van der Waals surface area contributed by atoms with Crippen molar-refractivity contribution in [1.82, 2.24) is 5.32 Å². The lowest BCUT2D eigenvalue weighted by Crippen LogP contribution is -2.16. The van der Waals surface area contributed by atoms with Crippen LogP contribution < -0.4 is 5.32 Å². The van der Waals surface area contributed by atoms with Gasteiger partial charge in [-0.15, -0.1) is 0 Å². The lowest BCUT2D eigenvalue weighted by atomic mass is 10.2. The molecule has 0 unspecified atom stereocenters. The summed E-state index contributed by atoms with van der Waals surface area (Å²) < 4.78 is 5.66. The maximum atomic E-state index is 8.67. The van der Waals surface area contributed by atoms with Crippen molar-refractivity contribution in [2.45, 2.75) is 6.54 Å². The Kier molecular flexibility index (Phi) is 4.66. The second kappa shape index (κ2) is 6.25. The first-order valence-corrected chi connectivity index (χ1v) is 6.32. The van der Waals surface area contributed by atoms with Crippen molar-refractivity contribution >= 4 is 23.2 Å². The minimum Gasteiger partial charge on any atom is -0.460 e. The first-order chi connectivity index (χ1) is 8.70. The van der Waals surface area contributed by atoms with E-state index in [1.54, 1.807) is 18.2 Å². The van der Waals surface area contributed by atoms with Crippen molar-refractivity contribution in [2.24, 2.45) is 0 Å². The highest BCUT2D eigenvalue weighted by molar-refractivity contribution is 6.35. The Balaban J connectivity index is 2.16. The molecular weight excluding hydrogens is 273 g/mol. The summed E-state index contributed by atoms with van der Waals surface area (Å²) in [6.45, 7) is 1.21. The molecule has 0 spiro atoms. The molecule has 0 aliphatic carbocycles. The molecular formula is C13H13Cl2NO2. The third-order valence-corrected chi connectivity index (χ3v) is 3.01. The second-order valence-electron chi connectivity index (χ2n) is 3.79. The highest BCUT2D eigenvalue weighted by Gasteiger charge is 2.09. The van der Waals surface area contributed by atoms with Crippen LogP contribution in [0.1, 0.15) is 5.76 Å². The fraction of sp³-hybridized carbons (Fsp3) is 0.231. The van der Waals surface area contributed by atoms with Crippen molar-refractivity contribution in [3.05, 3.63) is 46.1 Å². The Morgan fingerprint density at radius 1 is 1.17 bits per heavy atom. The molecule has 2 rings (SSSR count). The molecule has 2 aromatic rings. The summed E-state index contributed by atoms with van der Waals surface area (Å²) in [6, 6.07) is 8.98. The zero-order chi connectivity index (χ0) is 13.0. The van der Waals surface area contributed by atoms with Gasteiger partial charge >= 0.3 is 0 Å². The Morgan fingerprint density at radius 3 is 2.78 bits per heavy atom. The van der Waals surface area contributed by atoms with Crippen LogP contribution in [0.5, 0.6) is 0 Å². The number of nitrogens with one attached hydrogen (secondary N) is 1. The average Bonchev–Trinajstić information content (AvgIpc) is 2.81. The first kappa shape index (κ1) is 13.4. The van der Waals surface area contributed by atoms with Crippen LogP contribution in [0.4, 0.5) is 0 Å². The molecule has 5 heteroatoms. The second-order valence-corrected chi connectivity index (χ2v) is 4.63. The van der Waals surface area contributed by atoms with Gasteiger partial charge in [0.2, 0.25) is 0 Å². The molecule has 0 saturated carbocycles. The van der Waals surface area contributed by atoms with Crippen LogP contribution in [0.2, 0.25) is 10.0 Å². The molecule has 96 valence electrons. The highest BCUT2D eigenvalue weighted by Crippen LogP contribution is 2.31. The Hall–Kier alpha value is -1.00. The van der Waals surface area contributed by atoms with Crippen LogP contribution in [-0.2, 0) is 6.54 Å². The van der Waals surface area contributed by atoms with Gasteiger partial charge in [0.15, 0.2) is 0 Å². The molecule has 1 heterocycles. The zero-order valence-electron chi connectivity index (χ0n) is 9.62. The predicted molar refractivity (Wildman–Crippen MR) is 73.0 cm³/mol. The number of aliphatic hydroxyl groups is 1. The maximum absolute atomic E-state index is 8.67. The van der Waals surface area contributed by atoms with E-state index in [0.717, 1.165) is 11.3 Å². The topological polar surface area (TPSA) is 45.4 Å². The average molecular weight is 286 g/mol. The van der Waals surface area contributed by atoms with E-state index in [-0.39, 0.29) is 6.61 Å². The number of hydrogen-bond donors (Lipinski definition) is 2. The van der Waals surface area contributed by atoms with Crippen LogP contribution in [0.25, 0.3) is 11.3 Å². The quantitative estimate of drug-likeness (QED) is 0.829. The van der Waals surface area contributed by atoms with Gasteiger partial charge in [-0.1, -0.05) is 23.2 Å². The van der Waals surface area contributed by atoms with E-state index in [1.165, 1.54) is 0 Å². The van der Waals surface area contributed by atoms with Crippen molar-refractivity contribution in [1.29, 1.82) is 0 Å². The van der Waals surface area contributed by atoms with Crippen LogP contribution in [0.3, 0.4) is 0 Å². The van der Waals surface area contributed by atoms with Gasteiger partial charge in [0.05, 0.1) is 18.2 Å². The Labute approximate surface area is 115 Å². The number of benzene rings is 1. The van der Waals surface area contributed by atoms with E-state index < -0.39 is 0 Å². The van der Waals surface area contributed by atoms with E-state index in [1.807, 2.05) is 12.1 Å². The Bertz CT molecular complexity index is 525. The molecule has 0 fully saturated rings. The molecule has 0 amide bonds. The van der Waals surface area contributed by atoms with Crippen LogP contribution in [0.15, 0.2) is 34.7 Å². The zero-order valence-corrected chi connectivity index (χ0v) is 11.1. The fourth-order valence-electron chi connectivity index (χ4n) is 1.59. The highest BCUT2D eigenvalue weighted by atomic mass is 35.5. The van der Waals surface area contributed by atoms with Gasteiger partial charge < -0.3 is 14.8 Å². The van der Waals surface area contributed by atoms with E-state index in [0.29, 0.717) is 28.9 Å². The van der Waals surface area contributed by atoms with Crippen LogP contribution >= 0.6 is 23.2 Å². The molecule has 3 nitrogen and oxygen atoms in total. The third kappa shape index (κ3) is 3.27. The molecule has 18 heavy (non-hydrogen) atoms. The fourth-order valence-corrected chi connectivity index (χ4v) is 1.98. The van der Waals surface area contributed by atoms with Crippen LogP contribution in [0, 0.1) is 0 Å². The van der Waals surface area contributed by atoms with E-state index >= 15 is 0 Å². The molecule has 0 aliphatic heterocycles. The SMILES string of the molecule is OCCNCc1ccc(-c2cc(Cl)ccc2Cl)o1. The molecule has 0 radical (unpaired) electrons. The normalized spacial score (nSPS) is 10.8. The van der Waals surface area contributed by atoms with E-state index in [9.17, 15) is 0 Å². The van der Waals surface area contributed by atoms with Gasteiger partial charge in [0.25, 0.3) is 0 Å². The Morgan fingerprint density at radius 2 is 2.00 bits per heavy atom. The molecule has 2 N–H and O–H groups in total. The number of rotatable bonds is 5. The number of furan rings is 1. The van der Waals surface area contributed by atoms with Gasteiger partial charge in [0.1, 0.15) is 11.5 Å². The molecule has 0 bridgehead atoms. The number of halogens is 2. The van der Waals surface area contributed by atoms with Gasteiger partial charge in [-0.3, -0.25) is 0 Å². The molecule has 0 atom stereocenters. The number of hydrogen-bond acceptors (Lipinski definition) is 3. The van der Waals surface area contributed by atoms with Crippen molar-refractivity contribution in [3.63, 3.8) is 0 Å². The van der Waals surface area contributed by atoms with Gasteiger partial charge in [-0.25, -0.2) is 0 Å². The van der Waals surface area contributed by atoms with Crippen molar-refractivity contribution < 1.29 is 9.52 Å². The summed E-state index contributed by atoms with van der Waals surface area (Å²) in [5.41, 5.74) is 0.776.